The van der Waals surface area contributed by atoms with Gasteiger partial charge in [-0.25, -0.2) is 4.79 Å². The Bertz CT molecular complexity index is 528. The van der Waals surface area contributed by atoms with Crippen LogP contribution in [0.4, 0.5) is 18.0 Å². The summed E-state index contributed by atoms with van der Waals surface area (Å²) in [5.41, 5.74) is 1.35. The number of nitrogens with one attached hydrogen (secondary N) is 2. The van der Waals surface area contributed by atoms with E-state index in [4.69, 9.17) is 5.11 Å². The molecule has 9 heteroatoms. The van der Waals surface area contributed by atoms with Crippen molar-refractivity contribution in [3.8, 4) is 0 Å². The van der Waals surface area contributed by atoms with Crippen LogP contribution in [0.25, 0.3) is 0 Å². The zero-order valence-corrected chi connectivity index (χ0v) is 13.0. The van der Waals surface area contributed by atoms with Gasteiger partial charge in [-0.3, -0.25) is 4.68 Å². The van der Waals surface area contributed by atoms with Crippen molar-refractivity contribution in [2.45, 2.75) is 52.5 Å². The number of aliphatic hydroxyl groups excluding tert-OH is 1. The Balaban J connectivity index is 2.86. The maximum atomic E-state index is 12.5. The number of hydrogen-bond acceptors (Lipinski definition) is 3. The molecule has 0 aliphatic rings. The van der Waals surface area contributed by atoms with Crippen LogP contribution >= 0.6 is 0 Å². The largest absolute Gasteiger partial charge is 0.408 e. The molecule has 1 heterocycles. The first-order valence-corrected chi connectivity index (χ1v) is 6.83. The first kappa shape index (κ1) is 18.3. The number of nitrogens with zero attached hydrogens (tertiary/aromatic N) is 2. The summed E-state index contributed by atoms with van der Waals surface area (Å²) in [7, 11) is 0. The van der Waals surface area contributed by atoms with Crippen molar-refractivity contribution < 1.29 is 23.1 Å². The van der Waals surface area contributed by atoms with Crippen LogP contribution in [-0.2, 0) is 6.54 Å². The smallest absolute Gasteiger partial charge is 0.394 e. The van der Waals surface area contributed by atoms with Crippen molar-refractivity contribution in [1.82, 2.24) is 20.4 Å². The number of rotatable bonds is 5. The monoisotopic (exact) mass is 322 g/mol. The van der Waals surface area contributed by atoms with Gasteiger partial charge < -0.3 is 15.7 Å². The molecule has 126 valence electrons. The molecule has 0 fully saturated rings. The molecule has 0 aromatic carbocycles. The van der Waals surface area contributed by atoms with E-state index < -0.39 is 30.8 Å². The SMILES string of the molecule is Cc1nn(CC(F)(F)F)c(C)c1C(C)NC(=O)N[C@@H](C)CO. The Morgan fingerprint density at radius 2 is 1.91 bits per heavy atom. The second kappa shape index (κ2) is 6.99. The topological polar surface area (TPSA) is 79.2 Å². The highest BCUT2D eigenvalue weighted by atomic mass is 19.4. The number of amides is 2. The van der Waals surface area contributed by atoms with E-state index in [0.717, 1.165) is 4.68 Å². The fourth-order valence-corrected chi connectivity index (χ4v) is 2.24. The van der Waals surface area contributed by atoms with Crippen molar-refractivity contribution in [2.75, 3.05) is 6.61 Å². The van der Waals surface area contributed by atoms with Crippen LogP contribution in [0.2, 0.25) is 0 Å². The predicted molar refractivity (Wildman–Crippen MR) is 74.4 cm³/mol. The molecule has 0 saturated carbocycles. The Morgan fingerprint density at radius 1 is 1.32 bits per heavy atom. The number of alkyl halides is 3. The third-order valence-electron chi connectivity index (χ3n) is 3.20. The first-order valence-electron chi connectivity index (χ1n) is 6.83. The van der Waals surface area contributed by atoms with Gasteiger partial charge in [0.05, 0.1) is 24.4 Å². The molecule has 0 bridgehead atoms. The van der Waals surface area contributed by atoms with Gasteiger partial charge in [-0.15, -0.1) is 0 Å². The Labute approximate surface area is 126 Å². The van der Waals surface area contributed by atoms with Gasteiger partial charge in [0.25, 0.3) is 0 Å². The van der Waals surface area contributed by atoms with Crippen LogP contribution in [0.5, 0.6) is 0 Å². The molecular formula is C13H21F3N4O2. The normalized spacial score (nSPS) is 14.5. The Morgan fingerprint density at radius 3 is 2.41 bits per heavy atom. The summed E-state index contributed by atoms with van der Waals surface area (Å²) in [5, 5.41) is 17.9. The van der Waals surface area contributed by atoms with Crippen LogP contribution in [0.15, 0.2) is 0 Å². The molecule has 6 nitrogen and oxygen atoms in total. The minimum absolute atomic E-state index is 0.205. The maximum absolute atomic E-state index is 12.5. The molecule has 1 aromatic rings. The van der Waals surface area contributed by atoms with Gasteiger partial charge in [0.15, 0.2) is 0 Å². The lowest BCUT2D eigenvalue weighted by atomic mass is 10.1. The third-order valence-corrected chi connectivity index (χ3v) is 3.20. The summed E-state index contributed by atoms with van der Waals surface area (Å²) in [4.78, 5) is 11.7. The lowest BCUT2D eigenvalue weighted by Crippen LogP contribution is -2.43. The number of urea groups is 1. The second-order valence-corrected chi connectivity index (χ2v) is 5.28. The van der Waals surface area contributed by atoms with Gasteiger partial charge in [-0.1, -0.05) is 0 Å². The van der Waals surface area contributed by atoms with Crippen molar-refractivity contribution in [3.63, 3.8) is 0 Å². The molecule has 1 rings (SSSR count). The quantitative estimate of drug-likeness (QED) is 0.773. The minimum atomic E-state index is -4.36. The summed E-state index contributed by atoms with van der Waals surface area (Å²) in [6.45, 7) is 5.05. The van der Waals surface area contributed by atoms with Crippen molar-refractivity contribution in [1.29, 1.82) is 0 Å². The van der Waals surface area contributed by atoms with Crippen LogP contribution in [-0.4, -0.2) is 39.7 Å². The van der Waals surface area contributed by atoms with Gasteiger partial charge in [0, 0.05) is 11.3 Å². The van der Waals surface area contributed by atoms with Gasteiger partial charge in [-0.05, 0) is 27.7 Å². The van der Waals surface area contributed by atoms with E-state index in [9.17, 15) is 18.0 Å². The lowest BCUT2D eigenvalue weighted by molar-refractivity contribution is -0.143. The van der Waals surface area contributed by atoms with Gasteiger partial charge in [0.1, 0.15) is 6.54 Å². The molecule has 1 unspecified atom stereocenters. The van der Waals surface area contributed by atoms with Crippen LogP contribution in [0, 0.1) is 13.8 Å². The molecule has 0 saturated heterocycles. The molecule has 0 radical (unpaired) electrons. The zero-order valence-electron chi connectivity index (χ0n) is 13.0. The van der Waals surface area contributed by atoms with Gasteiger partial charge in [-0.2, -0.15) is 18.3 Å². The average molecular weight is 322 g/mol. The molecule has 3 N–H and O–H groups in total. The van der Waals surface area contributed by atoms with Gasteiger partial charge >= 0.3 is 12.2 Å². The highest BCUT2D eigenvalue weighted by Crippen LogP contribution is 2.24. The number of aryl methyl sites for hydroxylation is 1. The Hall–Kier alpha value is -1.77. The molecule has 0 aliphatic carbocycles. The van der Waals surface area contributed by atoms with E-state index in [2.05, 4.69) is 15.7 Å². The van der Waals surface area contributed by atoms with E-state index >= 15 is 0 Å². The average Bonchev–Trinajstić information content (AvgIpc) is 2.61. The zero-order chi connectivity index (χ0) is 17.1. The lowest BCUT2D eigenvalue weighted by Gasteiger charge is -2.18. The minimum Gasteiger partial charge on any atom is -0.394 e. The molecular weight excluding hydrogens is 301 g/mol. The summed E-state index contributed by atoms with van der Waals surface area (Å²) in [6, 6.07) is -1.42. The van der Waals surface area contributed by atoms with E-state index in [1.165, 1.54) is 6.92 Å². The number of carbonyl (C=O) groups excluding carboxylic acids is 1. The fourth-order valence-electron chi connectivity index (χ4n) is 2.24. The van der Waals surface area contributed by atoms with Crippen molar-refractivity contribution >= 4 is 6.03 Å². The molecule has 22 heavy (non-hydrogen) atoms. The number of aromatic nitrogens is 2. The standard InChI is InChI=1S/C13H21F3N4O2/c1-7(5-21)17-12(22)18-8(2)11-9(3)19-20(10(11)4)6-13(14,15)16/h7-8,21H,5-6H2,1-4H3,(H2,17,18,22)/t7-,8?/m0/s1. The van der Waals surface area contributed by atoms with Crippen molar-refractivity contribution in [3.05, 3.63) is 17.0 Å². The molecule has 0 aliphatic heterocycles. The Kier molecular flexibility index (Phi) is 5.81. The highest BCUT2D eigenvalue weighted by molar-refractivity contribution is 5.74. The third kappa shape index (κ3) is 4.90. The van der Waals surface area contributed by atoms with Crippen LogP contribution < -0.4 is 10.6 Å². The molecule has 2 amide bonds. The highest BCUT2D eigenvalue weighted by Gasteiger charge is 2.30. The van der Waals surface area contributed by atoms with Gasteiger partial charge in [0.2, 0.25) is 0 Å². The van der Waals surface area contributed by atoms with E-state index in [1.807, 2.05) is 0 Å². The number of carbonyl (C=O) groups is 1. The van der Waals surface area contributed by atoms with Crippen LogP contribution in [0.1, 0.15) is 36.8 Å². The summed E-state index contributed by atoms with van der Waals surface area (Å²) in [6.07, 6.45) is -4.36. The number of aliphatic hydroxyl groups is 1. The predicted octanol–water partition coefficient (Wildman–Crippen LogP) is 1.80. The number of hydrogen-bond donors (Lipinski definition) is 3. The summed E-state index contributed by atoms with van der Waals surface area (Å²) >= 11 is 0. The van der Waals surface area contributed by atoms with E-state index in [-0.39, 0.29) is 6.61 Å². The molecule has 2 atom stereocenters. The number of halogens is 3. The first-order chi connectivity index (χ1) is 10.0. The van der Waals surface area contributed by atoms with E-state index in [1.54, 1.807) is 20.8 Å². The maximum Gasteiger partial charge on any atom is 0.408 e. The second-order valence-electron chi connectivity index (χ2n) is 5.28. The van der Waals surface area contributed by atoms with Crippen LogP contribution in [0.3, 0.4) is 0 Å². The van der Waals surface area contributed by atoms with Crippen molar-refractivity contribution in [2.24, 2.45) is 0 Å². The van der Waals surface area contributed by atoms with E-state index in [0.29, 0.717) is 17.0 Å². The fraction of sp³-hybridized carbons (Fsp3) is 0.692. The summed E-state index contributed by atoms with van der Waals surface area (Å²) in [5.74, 6) is 0. The summed E-state index contributed by atoms with van der Waals surface area (Å²) < 4.78 is 38.4. The molecule has 1 aromatic heterocycles. The molecule has 0 spiro atoms.